The van der Waals surface area contributed by atoms with Crippen molar-refractivity contribution >= 4 is 0 Å². The van der Waals surface area contributed by atoms with Crippen molar-refractivity contribution in [3.8, 4) is 0 Å². The fourth-order valence-corrected chi connectivity index (χ4v) is 3.61. The number of hydrogen-bond acceptors (Lipinski definition) is 1. The van der Waals surface area contributed by atoms with E-state index >= 15 is 0 Å². The molecule has 0 rings (SSSR count). The van der Waals surface area contributed by atoms with Gasteiger partial charge in [-0.25, -0.2) is 0 Å². The maximum Gasteiger partial charge on any atom is 0.0887 e. The van der Waals surface area contributed by atoms with E-state index < -0.39 is 0 Å². The van der Waals surface area contributed by atoms with Crippen LogP contribution in [0.15, 0.2) is 0 Å². The molecule has 0 aliphatic carbocycles. The van der Waals surface area contributed by atoms with Crippen molar-refractivity contribution < 1.29 is 9.96 Å². The van der Waals surface area contributed by atoms with E-state index in [9.17, 15) is 0 Å². The van der Waals surface area contributed by atoms with Crippen LogP contribution < -0.4 is 0 Å². The summed E-state index contributed by atoms with van der Waals surface area (Å²) in [5, 5.41) is 0. The predicted octanol–water partition coefficient (Wildman–Crippen LogP) is 6.00. The van der Waals surface area contributed by atoms with E-state index in [1.807, 2.05) is 0 Å². The molecule has 0 spiro atoms. The summed E-state index contributed by atoms with van der Waals surface area (Å²) in [4.78, 5) is 0. The van der Waals surface area contributed by atoms with Crippen LogP contribution in [0.1, 0.15) is 98.8 Å². The second-order valence-corrected chi connectivity index (χ2v) is 6.65. The normalized spacial score (nSPS) is 13.0. The van der Waals surface area contributed by atoms with Crippen LogP contribution in [0.4, 0.5) is 0 Å². The van der Waals surface area contributed by atoms with Gasteiger partial charge in [0, 0.05) is 0 Å². The molecule has 1 unspecified atom stereocenters. The molecule has 0 heterocycles. The van der Waals surface area contributed by atoms with Gasteiger partial charge in [-0.1, -0.05) is 60.3 Å². The van der Waals surface area contributed by atoms with Crippen LogP contribution in [0.5, 0.6) is 0 Å². The molecule has 1 atom stereocenters. The predicted molar refractivity (Wildman–Crippen MR) is 95.1 cm³/mol. The van der Waals surface area contributed by atoms with Gasteiger partial charge in [-0.2, -0.15) is 0 Å². The van der Waals surface area contributed by atoms with Crippen molar-refractivity contribution in [2.45, 2.75) is 105 Å². The average Bonchev–Trinajstić information content (AvgIpc) is 2.48. The molecule has 130 valence electrons. The number of quaternary nitrogens is 1. The Morgan fingerprint density at radius 3 is 1.29 bits per heavy atom. The van der Waals surface area contributed by atoms with Crippen LogP contribution in [0, 0.1) is 0 Å². The largest absolute Gasteiger partial charge is 0.870 e. The van der Waals surface area contributed by atoms with E-state index in [4.69, 9.17) is 0 Å². The van der Waals surface area contributed by atoms with E-state index in [2.05, 4.69) is 34.6 Å². The second kappa shape index (κ2) is 14.8. The first-order chi connectivity index (χ1) is 9.70. The zero-order chi connectivity index (χ0) is 15.3. The molecule has 0 fully saturated rings. The molecule has 0 amide bonds. The lowest BCUT2D eigenvalue weighted by atomic mass is 9.99. The summed E-state index contributed by atoms with van der Waals surface area (Å²) < 4.78 is 1.44. The average molecular weight is 302 g/mol. The van der Waals surface area contributed by atoms with E-state index in [-0.39, 0.29) is 5.48 Å². The van der Waals surface area contributed by atoms with Gasteiger partial charge in [0.25, 0.3) is 0 Å². The van der Waals surface area contributed by atoms with E-state index in [0.29, 0.717) is 0 Å². The highest BCUT2D eigenvalue weighted by Crippen LogP contribution is 2.25. The zero-order valence-electron chi connectivity index (χ0n) is 15.7. The highest BCUT2D eigenvalue weighted by molar-refractivity contribution is 4.62. The number of rotatable bonds is 14. The number of hydrogen-bond donors (Lipinski definition) is 0. The van der Waals surface area contributed by atoms with Gasteiger partial charge >= 0.3 is 0 Å². The molecule has 2 heteroatoms. The Kier molecular flexibility index (Phi) is 16.4. The van der Waals surface area contributed by atoms with Crippen LogP contribution in [0.2, 0.25) is 0 Å². The fourth-order valence-electron chi connectivity index (χ4n) is 3.61. The summed E-state index contributed by atoms with van der Waals surface area (Å²) in [5.41, 5.74) is 0. The lowest BCUT2D eigenvalue weighted by Gasteiger charge is -2.45. The van der Waals surface area contributed by atoms with Crippen molar-refractivity contribution in [2.75, 3.05) is 19.6 Å². The molecule has 2 nitrogen and oxygen atoms in total. The molecule has 0 aliphatic rings. The molecule has 0 aromatic heterocycles. The summed E-state index contributed by atoms with van der Waals surface area (Å²) in [6.45, 7) is 16.1. The summed E-state index contributed by atoms with van der Waals surface area (Å²) in [5.74, 6) is 0. The molecule has 0 saturated heterocycles. The summed E-state index contributed by atoms with van der Waals surface area (Å²) in [7, 11) is 0. The van der Waals surface area contributed by atoms with Gasteiger partial charge in [0.2, 0.25) is 0 Å². The monoisotopic (exact) mass is 301 g/mol. The molecule has 0 aromatic rings. The minimum absolute atomic E-state index is 0. The first kappa shape index (κ1) is 23.2. The Hall–Kier alpha value is -0.0800. The van der Waals surface area contributed by atoms with Gasteiger partial charge in [-0.05, 0) is 38.5 Å². The van der Waals surface area contributed by atoms with Crippen molar-refractivity contribution in [3.63, 3.8) is 0 Å². The Morgan fingerprint density at radius 1 is 0.619 bits per heavy atom. The van der Waals surface area contributed by atoms with Gasteiger partial charge in [0.1, 0.15) is 0 Å². The highest BCUT2D eigenvalue weighted by atomic mass is 16.0. The first-order valence-electron chi connectivity index (χ1n) is 9.56. The third kappa shape index (κ3) is 8.83. The minimum Gasteiger partial charge on any atom is -0.870 e. The van der Waals surface area contributed by atoms with E-state index in [1.54, 1.807) is 0 Å². The summed E-state index contributed by atoms with van der Waals surface area (Å²) in [6.07, 6.45) is 13.9. The lowest BCUT2D eigenvalue weighted by Crippen LogP contribution is -2.57. The quantitative estimate of drug-likeness (QED) is 0.362. The van der Waals surface area contributed by atoms with Gasteiger partial charge in [0.05, 0.1) is 25.7 Å². The topological polar surface area (TPSA) is 30.0 Å². The maximum absolute atomic E-state index is 2.43. The number of nitrogens with zero attached hydrogens (tertiary/aromatic N) is 1. The van der Waals surface area contributed by atoms with Crippen LogP contribution in [0.3, 0.4) is 0 Å². The number of unbranched alkanes of at least 4 members (excludes halogenated alkanes) is 4. The second-order valence-electron chi connectivity index (χ2n) is 6.65. The Morgan fingerprint density at radius 2 is 1.00 bits per heavy atom. The van der Waals surface area contributed by atoms with E-state index in [0.717, 1.165) is 6.04 Å². The maximum atomic E-state index is 2.43. The van der Waals surface area contributed by atoms with Crippen molar-refractivity contribution in [1.29, 1.82) is 0 Å². The molecular weight excluding hydrogens is 258 g/mol. The summed E-state index contributed by atoms with van der Waals surface area (Å²) >= 11 is 0. The molecule has 0 radical (unpaired) electrons. The zero-order valence-corrected chi connectivity index (χ0v) is 15.7. The Labute approximate surface area is 135 Å². The van der Waals surface area contributed by atoms with Gasteiger partial charge < -0.3 is 9.96 Å². The third-order valence-electron chi connectivity index (χ3n) is 5.01. The van der Waals surface area contributed by atoms with Gasteiger partial charge in [-0.15, -0.1) is 0 Å². The van der Waals surface area contributed by atoms with E-state index in [1.165, 1.54) is 88.3 Å². The van der Waals surface area contributed by atoms with Crippen LogP contribution >= 0.6 is 0 Å². The fraction of sp³-hybridized carbons (Fsp3) is 1.00. The van der Waals surface area contributed by atoms with Crippen LogP contribution in [-0.4, -0.2) is 35.6 Å². The van der Waals surface area contributed by atoms with Crippen molar-refractivity contribution in [1.82, 2.24) is 0 Å². The smallest absolute Gasteiger partial charge is 0.0887 e. The molecular formula is C19H43NO. The van der Waals surface area contributed by atoms with Crippen molar-refractivity contribution in [3.05, 3.63) is 0 Å². The standard InChI is InChI=1S/C19H42N.H2O/c1-6-11-15-19(10-5)20(16-12-7-2,17-13-8-3)18-14-9-4;/h19H,6-18H2,1-5H3;1H2/q+1;/p-1. The minimum atomic E-state index is 0. The molecule has 0 saturated carbocycles. The van der Waals surface area contributed by atoms with Gasteiger partial charge in [0.15, 0.2) is 0 Å². The van der Waals surface area contributed by atoms with Crippen LogP contribution in [0.25, 0.3) is 0 Å². The summed E-state index contributed by atoms with van der Waals surface area (Å²) in [6, 6.07) is 0.916. The SMILES string of the molecule is CCCCC(CC)[N+](CCCC)(CCCC)CCCC.[OH-]. The highest BCUT2D eigenvalue weighted by Gasteiger charge is 2.33. The lowest BCUT2D eigenvalue weighted by molar-refractivity contribution is -0.952. The molecule has 0 aliphatic heterocycles. The molecule has 1 N–H and O–H groups in total. The first-order valence-corrected chi connectivity index (χ1v) is 9.56. The Bertz CT molecular complexity index is 184. The molecule has 0 bridgehead atoms. The van der Waals surface area contributed by atoms with Crippen LogP contribution in [-0.2, 0) is 0 Å². The Balaban J connectivity index is 0. The van der Waals surface area contributed by atoms with Crippen molar-refractivity contribution in [2.24, 2.45) is 0 Å². The van der Waals surface area contributed by atoms with Gasteiger partial charge in [-0.3, -0.25) is 0 Å². The molecule has 21 heavy (non-hydrogen) atoms. The molecule has 0 aromatic carbocycles. The third-order valence-corrected chi connectivity index (χ3v) is 5.01.